The number of sulfonamides is 1. The van der Waals surface area contributed by atoms with Gasteiger partial charge in [0.05, 0.1) is 15.9 Å². The van der Waals surface area contributed by atoms with Crippen LogP contribution in [-0.4, -0.2) is 36.9 Å². The van der Waals surface area contributed by atoms with Crippen molar-refractivity contribution in [2.45, 2.75) is 37.3 Å². The number of benzene rings is 1. The number of hydrogen-bond acceptors (Lipinski definition) is 6. The number of nitro benzene ring substituents is 1. The molecule has 0 aliphatic carbocycles. The van der Waals surface area contributed by atoms with Crippen molar-refractivity contribution in [3.63, 3.8) is 0 Å². The lowest BCUT2D eigenvalue weighted by molar-refractivity contribution is -0.385. The summed E-state index contributed by atoms with van der Waals surface area (Å²) in [6, 6.07) is 7.90. The molecule has 2 aromatic rings. The number of nitrogens with zero attached hydrogens (tertiary/aromatic N) is 2. The predicted octanol–water partition coefficient (Wildman–Crippen LogP) is 3.33. The summed E-state index contributed by atoms with van der Waals surface area (Å²) in [5, 5.41) is 13.1. The zero-order valence-corrected chi connectivity index (χ0v) is 16.0. The van der Waals surface area contributed by atoms with E-state index in [4.69, 9.17) is 4.74 Å². The SMILES string of the molecule is Cc1c([N+](=O)[O-])cccc1S(=O)(=O)N(Cc1cccs1)CC1CCCO1. The van der Waals surface area contributed by atoms with Crippen LogP contribution in [0.1, 0.15) is 23.3 Å². The van der Waals surface area contributed by atoms with Gasteiger partial charge in [-0.15, -0.1) is 11.3 Å². The Hall–Kier alpha value is -1.81. The Morgan fingerprint density at radius 3 is 2.77 bits per heavy atom. The van der Waals surface area contributed by atoms with Gasteiger partial charge in [0, 0.05) is 36.2 Å². The molecule has 9 heteroatoms. The molecule has 0 radical (unpaired) electrons. The molecule has 3 rings (SSSR count). The molecule has 140 valence electrons. The highest BCUT2D eigenvalue weighted by Crippen LogP contribution is 2.29. The van der Waals surface area contributed by atoms with Gasteiger partial charge >= 0.3 is 0 Å². The second-order valence-corrected chi connectivity index (χ2v) is 9.11. The monoisotopic (exact) mass is 396 g/mol. The van der Waals surface area contributed by atoms with Gasteiger partial charge in [0.15, 0.2) is 0 Å². The summed E-state index contributed by atoms with van der Waals surface area (Å²) in [4.78, 5) is 11.5. The zero-order valence-electron chi connectivity index (χ0n) is 14.3. The molecule has 0 amide bonds. The fourth-order valence-corrected chi connectivity index (χ4v) is 5.55. The van der Waals surface area contributed by atoms with Gasteiger partial charge in [-0.05, 0) is 37.3 Å². The molecule has 7 nitrogen and oxygen atoms in total. The largest absolute Gasteiger partial charge is 0.377 e. The molecule has 0 spiro atoms. The fraction of sp³-hybridized carbons (Fsp3) is 0.412. The standard InChI is InChI=1S/C17H20N2O5S2/c1-13-16(19(20)21)7-2-8-17(13)26(22,23)18(11-14-5-3-9-24-14)12-15-6-4-10-25-15/h2,4,6-8,10,14H,3,5,9,11-12H2,1H3. The second kappa shape index (κ2) is 7.83. The maximum absolute atomic E-state index is 13.3. The maximum atomic E-state index is 13.3. The summed E-state index contributed by atoms with van der Waals surface area (Å²) in [5.74, 6) is 0. The Balaban J connectivity index is 1.98. The quantitative estimate of drug-likeness (QED) is 0.529. The van der Waals surface area contributed by atoms with Crippen molar-refractivity contribution in [1.82, 2.24) is 4.31 Å². The van der Waals surface area contributed by atoms with Gasteiger partial charge in [-0.3, -0.25) is 10.1 Å². The van der Waals surface area contributed by atoms with Crippen LogP contribution in [0.4, 0.5) is 5.69 Å². The lowest BCUT2D eigenvalue weighted by atomic mass is 10.2. The van der Waals surface area contributed by atoms with Crippen LogP contribution in [0, 0.1) is 17.0 Å². The summed E-state index contributed by atoms with van der Waals surface area (Å²) in [5.41, 5.74) is -0.0414. The molecule has 26 heavy (non-hydrogen) atoms. The summed E-state index contributed by atoms with van der Waals surface area (Å²) < 4.78 is 33.6. The van der Waals surface area contributed by atoms with E-state index >= 15 is 0 Å². The van der Waals surface area contributed by atoms with Gasteiger partial charge in [0.25, 0.3) is 5.69 Å². The lowest BCUT2D eigenvalue weighted by Crippen LogP contribution is -2.37. The minimum Gasteiger partial charge on any atom is -0.377 e. The van der Waals surface area contributed by atoms with Crippen LogP contribution in [-0.2, 0) is 21.3 Å². The highest BCUT2D eigenvalue weighted by Gasteiger charge is 2.32. The molecule has 1 aliphatic heterocycles. The Morgan fingerprint density at radius 1 is 1.35 bits per heavy atom. The van der Waals surface area contributed by atoms with Crippen molar-refractivity contribution in [2.24, 2.45) is 0 Å². The van der Waals surface area contributed by atoms with Gasteiger partial charge in [0.2, 0.25) is 10.0 Å². The Kier molecular flexibility index (Phi) is 5.71. The van der Waals surface area contributed by atoms with Crippen LogP contribution < -0.4 is 0 Å². The summed E-state index contributed by atoms with van der Waals surface area (Å²) in [7, 11) is -3.90. The van der Waals surface area contributed by atoms with Crippen molar-refractivity contribution < 1.29 is 18.1 Å². The molecule has 1 aromatic carbocycles. The smallest absolute Gasteiger partial charge is 0.273 e. The van der Waals surface area contributed by atoms with Crippen molar-refractivity contribution in [2.75, 3.05) is 13.2 Å². The summed E-state index contributed by atoms with van der Waals surface area (Å²) in [6.45, 7) is 2.57. The third-order valence-corrected chi connectivity index (χ3v) is 7.23. The molecular formula is C17H20N2O5S2. The molecule has 0 saturated carbocycles. The van der Waals surface area contributed by atoms with Gasteiger partial charge in [-0.1, -0.05) is 12.1 Å². The molecule has 2 heterocycles. The molecule has 1 saturated heterocycles. The molecular weight excluding hydrogens is 376 g/mol. The first-order valence-electron chi connectivity index (χ1n) is 8.27. The predicted molar refractivity (Wildman–Crippen MR) is 98.7 cm³/mol. The van der Waals surface area contributed by atoms with E-state index in [-0.39, 0.29) is 35.3 Å². The second-order valence-electron chi connectivity index (χ2n) is 6.17. The van der Waals surface area contributed by atoms with Crippen LogP contribution in [0.3, 0.4) is 0 Å². The average Bonchev–Trinajstić information content (AvgIpc) is 3.27. The first kappa shape index (κ1) is 19.0. The van der Waals surface area contributed by atoms with E-state index in [1.807, 2.05) is 17.5 Å². The number of nitro groups is 1. The lowest BCUT2D eigenvalue weighted by Gasteiger charge is -2.25. The fourth-order valence-electron chi connectivity index (χ4n) is 3.06. The van der Waals surface area contributed by atoms with Crippen LogP contribution in [0.15, 0.2) is 40.6 Å². The minimum atomic E-state index is -3.90. The zero-order chi connectivity index (χ0) is 18.7. The van der Waals surface area contributed by atoms with E-state index in [9.17, 15) is 18.5 Å². The molecule has 0 bridgehead atoms. The maximum Gasteiger partial charge on any atom is 0.273 e. The van der Waals surface area contributed by atoms with Crippen molar-refractivity contribution in [3.05, 3.63) is 56.3 Å². The first-order valence-corrected chi connectivity index (χ1v) is 10.6. The highest BCUT2D eigenvalue weighted by atomic mass is 32.2. The van der Waals surface area contributed by atoms with Gasteiger partial charge in [-0.2, -0.15) is 4.31 Å². The van der Waals surface area contributed by atoms with Gasteiger partial charge in [0.1, 0.15) is 0 Å². The van der Waals surface area contributed by atoms with Crippen LogP contribution in [0.2, 0.25) is 0 Å². The van der Waals surface area contributed by atoms with Crippen molar-refractivity contribution >= 4 is 27.0 Å². The van der Waals surface area contributed by atoms with E-state index in [2.05, 4.69) is 0 Å². The number of hydrogen-bond donors (Lipinski definition) is 0. The average molecular weight is 396 g/mol. The highest BCUT2D eigenvalue weighted by molar-refractivity contribution is 7.89. The topological polar surface area (TPSA) is 89.8 Å². The number of thiophene rings is 1. The van der Waals surface area contributed by atoms with Crippen molar-refractivity contribution in [1.29, 1.82) is 0 Å². The molecule has 1 unspecified atom stereocenters. The molecule has 1 aromatic heterocycles. The van der Waals surface area contributed by atoms with E-state index in [0.29, 0.717) is 6.61 Å². The van der Waals surface area contributed by atoms with Gasteiger partial charge < -0.3 is 4.74 Å². The number of rotatable bonds is 7. The molecule has 1 fully saturated rings. The van der Waals surface area contributed by atoms with E-state index in [1.54, 1.807) is 0 Å². The summed E-state index contributed by atoms with van der Waals surface area (Å²) >= 11 is 1.48. The minimum absolute atomic E-state index is 0.0266. The molecule has 1 aliphatic rings. The van der Waals surface area contributed by atoms with Gasteiger partial charge in [-0.25, -0.2) is 8.42 Å². The Bertz CT molecular complexity index is 875. The Labute approximate surface area is 156 Å². The van der Waals surface area contributed by atoms with Crippen molar-refractivity contribution in [3.8, 4) is 0 Å². The van der Waals surface area contributed by atoms with E-state index in [1.165, 1.54) is 40.8 Å². The Morgan fingerprint density at radius 2 is 2.15 bits per heavy atom. The van der Waals surface area contributed by atoms with Crippen LogP contribution in [0.25, 0.3) is 0 Å². The molecule has 0 N–H and O–H groups in total. The summed E-state index contributed by atoms with van der Waals surface area (Å²) in [6.07, 6.45) is 1.57. The third-order valence-electron chi connectivity index (χ3n) is 4.41. The van der Waals surface area contributed by atoms with E-state index in [0.717, 1.165) is 17.7 Å². The number of ether oxygens (including phenoxy) is 1. The first-order chi connectivity index (χ1) is 12.4. The van der Waals surface area contributed by atoms with Crippen LogP contribution in [0.5, 0.6) is 0 Å². The van der Waals surface area contributed by atoms with E-state index < -0.39 is 14.9 Å². The normalized spacial score (nSPS) is 17.7. The third kappa shape index (κ3) is 3.96. The van der Waals surface area contributed by atoms with Crippen LogP contribution >= 0.6 is 11.3 Å². The molecule has 1 atom stereocenters.